The van der Waals surface area contributed by atoms with Crippen molar-refractivity contribution in [1.29, 1.82) is 0 Å². The highest BCUT2D eigenvalue weighted by atomic mass is 19.1. The number of halogens is 1. The number of piperazine rings is 1. The highest BCUT2D eigenvalue weighted by Crippen LogP contribution is 2.61. The molecular formula is C23H29FN6O2. The van der Waals surface area contributed by atoms with Crippen molar-refractivity contribution in [1.82, 2.24) is 25.2 Å². The second-order valence-electron chi connectivity index (χ2n) is 9.24. The summed E-state index contributed by atoms with van der Waals surface area (Å²) in [5.41, 5.74) is 1.42. The molecule has 2 aromatic heterocycles. The quantitative estimate of drug-likeness (QED) is 0.687. The molecule has 2 aromatic rings. The zero-order valence-electron chi connectivity index (χ0n) is 18.5. The monoisotopic (exact) mass is 440 g/mol. The Morgan fingerprint density at radius 2 is 2.00 bits per heavy atom. The molecule has 1 amide bonds. The molecule has 8 nitrogen and oxygen atoms in total. The van der Waals surface area contributed by atoms with Gasteiger partial charge in [-0.3, -0.25) is 14.5 Å². The number of aromatic nitrogens is 3. The molecule has 6 rings (SSSR count). The van der Waals surface area contributed by atoms with Crippen molar-refractivity contribution in [2.75, 3.05) is 38.1 Å². The number of fused-ring (bicyclic) bond motifs is 1. The van der Waals surface area contributed by atoms with E-state index in [1.807, 2.05) is 11.8 Å². The number of amides is 1. The van der Waals surface area contributed by atoms with Crippen LogP contribution in [-0.2, 0) is 6.42 Å². The lowest BCUT2D eigenvalue weighted by Crippen LogP contribution is -2.59. The molecule has 1 aliphatic heterocycles. The number of nitrogens with one attached hydrogen (secondary N) is 2. The van der Waals surface area contributed by atoms with Crippen molar-refractivity contribution in [3.8, 4) is 0 Å². The molecular weight excluding hydrogens is 411 g/mol. The Hall–Kier alpha value is -2.81. The summed E-state index contributed by atoms with van der Waals surface area (Å²) in [5.74, 6) is 0.718. The summed E-state index contributed by atoms with van der Waals surface area (Å²) >= 11 is 0. The van der Waals surface area contributed by atoms with Gasteiger partial charge in [-0.25, -0.2) is 9.97 Å². The summed E-state index contributed by atoms with van der Waals surface area (Å²) in [6, 6.07) is 3.21. The van der Waals surface area contributed by atoms with Crippen molar-refractivity contribution in [3.05, 3.63) is 51.7 Å². The molecule has 2 N–H and O–H groups in total. The second-order valence-corrected chi connectivity index (χ2v) is 9.24. The van der Waals surface area contributed by atoms with Crippen molar-refractivity contribution in [3.63, 3.8) is 0 Å². The molecule has 32 heavy (non-hydrogen) atoms. The van der Waals surface area contributed by atoms with Crippen LogP contribution in [0.5, 0.6) is 0 Å². The third-order valence-electron chi connectivity index (χ3n) is 7.66. The van der Waals surface area contributed by atoms with Crippen molar-refractivity contribution in [2.45, 2.75) is 44.1 Å². The Kier molecular flexibility index (Phi) is 5.23. The Balaban J connectivity index is 1.24. The Morgan fingerprint density at radius 1 is 1.25 bits per heavy atom. The lowest BCUT2D eigenvalue weighted by molar-refractivity contribution is 0.0215. The first-order valence-electron chi connectivity index (χ1n) is 11.4. The largest absolute Gasteiger partial charge is 0.365 e. The normalized spacial score (nSPS) is 27.3. The Labute approximate surface area is 186 Å². The van der Waals surface area contributed by atoms with Crippen LogP contribution in [0, 0.1) is 11.9 Å². The highest BCUT2D eigenvalue weighted by Gasteiger charge is 2.59. The van der Waals surface area contributed by atoms with E-state index in [2.05, 4.69) is 25.2 Å². The number of carbonyl (C=O) groups is 1. The molecule has 4 aliphatic rings. The van der Waals surface area contributed by atoms with E-state index in [1.54, 1.807) is 18.3 Å². The molecule has 0 aromatic carbocycles. The summed E-state index contributed by atoms with van der Waals surface area (Å²) in [6.07, 6.45) is 5.70. The van der Waals surface area contributed by atoms with E-state index in [0.717, 1.165) is 56.8 Å². The van der Waals surface area contributed by atoms with Crippen LogP contribution in [0.3, 0.4) is 0 Å². The van der Waals surface area contributed by atoms with Crippen LogP contribution in [0.2, 0.25) is 0 Å². The van der Waals surface area contributed by atoms with Crippen LogP contribution in [0.25, 0.3) is 0 Å². The van der Waals surface area contributed by atoms with Gasteiger partial charge in [0.1, 0.15) is 11.5 Å². The molecule has 9 heteroatoms. The number of nitrogens with zero attached hydrogens (tertiary/aromatic N) is 4. The van der Waals surface area contributed by atoms with Gasteiger partial charge in [-0.2, -0.15) is 4.39 Å². The lowest BCUT2D eigenvalue weighted by atomic mass is 9.74. The standard InChI is InChI=1S/C23H29FN6O2/c1-3-14-13-26-20(28-21(14)31)16-12-23(10-15(16)11-23)30-8-6-29(7-9-30)18-5-4-17(22(32)25-2)27-19(18)24/h4-5,13,15-16H,3,6-12H2,1-2H3,(H,25,32)(H,26,28,31). The van der Waals surface area contributed by atoms with Crippen LogP contribution in [-0.4, -0.2) is 64.5 Å². The minimum Gasteiger partial charge on any atom is -0.365 e. The summed E-state index contributed by atoms with van der Waals surface area (Å²) < 4.78 is 14.6. The molecule has 4 fully saturated rings. The predicted octanol–water partition coefficient (Wildman–Crippen LogP) is 1.68. The van der Waals surface area contributed by atoms with Gasteiger partial charge in [0.2, 0.25) is 5.95 Å². The maximum absolute atomic E-state index is 14.6. The number of H-pyrrole nitrogens is 1. The lowest BCUT2D eigenvalue weighted by Gasteiger charge is -2.51. The molecule has 0 spiro atoms. The average Bonchev–Trinajstić information content (AvgIpc) is 3.36. The third-order valence-corrected chi connectivity index (χ3v) is 7.66. The van der Waals surface area contributed by atoms with Gasteiger partial charge in [-0.15, -0.1) is 0 Å². The Bertz CT molecular complexity index is 1090. The molecule has 3 heterocycles. The fraction of sp³-hybridized carbons (Fsp3) is 0.565. The zero-order chi connectivity index (χ0) is 22.5. The van der Waals surface area contributed by atoms with Gasteiger partial charge in [0.25, 0.3) is 11.5 Å². The summed E-state index contributed by atoms with van der Waals surface area (Å²) in [4.78, 5) is 39.9. The minimum atomic E-state index is -0.604. The van der Waals surface area contributed by atoms with Gasteiger partial charge in [-0.1, -0.05) is 6.92 Å². The highest BCUT2D eigenvalue weighted by molar-refractivity contribution is 5.92. The molecule has 170 valence electrons. The smallest absolute Gasteiger partial charge is 0.269 e. The first-order chi connectivity index (χ1) is 15.4. The SMILES string of the molecule is CCc1cnc(C2CC3(N4CCN(c5ccc(C(=O)NC)nc5F)CC4)CC2C3)[nH]c1=O. The molecule has 0 radical (unpaired) electrons. The molecule has 1 saturated heterocycles. The topological polar surface area (TPSA) is 94.2 Å². The van der Waals surface area contributed by atoms with Crippen LogP contribution in [0.1, 0.15) is 54.0 Å². The number of carbonyl (C=O) groups excluding carboxylic acids is 1. The van der Waals surface area contributed by atoms with E-state index in [9.17, 15) is 14.0 Å². The van der Waals surface area contributed by atoms with Crippen LogP contribution in [0.4, 0.5) is 10.1 Å². The van der Waals surface area contributed by atoms with E-state index < -0.39 is 11.9 Å². The average molecular weight is 441 g/mol. The van der Waals surface area contributed by atoms with Crippen LogP contribution >= 0.6 is 0 Å². The van der Waals surface area contributed by atoms with Gasteiger partial charge in [0.15, 0.2) is 0 Å². The predicted molar refractivity (Wildman–Crippen MR) is 118 cm³/mol. The van der Waals surface area contributed by atoms with Crippen molar-refractivity contribution in [2.24, 2.45) is 5.92 Å². The summed E-state index contributed by atoms with van der Waals surface area (Å²) in [5, 5.41) is 2.46. The molecule has 3 saturated carbocycles. The van der Waals surface area contributed by atoms with Gasteiger partial charge < -0.3 is 15.2 Å². The summed E-state index contributed by atoms with van der Waals surface area (Å²) in [6.45, 7) is 5.11. The molecule has 1 unspecified atom stereocenters. The third kappa shape index (κ3) is 3.39. The number of pyridine rings is 1. The number of hydrogen-bond donors (Lipinski definition) is 2. The molecule has 1 atom stereocenters. The van der Waals surface area contributed by atoms with Crippen LogP contribution in [0.15, 0.2) is 23.1 Å². The fourth-order valence-electron chi connectivity index (χ4n) is 5.87. The molecule has 3 aliphatic carbocycles. The number of hydrogen-bond acceptors (Lipinski definition) is 6. The Morgan fingerprint density at radius 3 is 2.62 bits per heavy atom. The van der Waals surface area contributed by atoms with E-state index in [-0.39, 0.29) is 16.8 Å². The van der Waals surface area contributed by atoms with E-state index in [0.29, 0.717) is 23.9 Å². The van der Waals surface area contributed by atoms with E-state index in [1.165, 1.54) is 7.05 Å². The number of anilines is 1. The molecule has 2 bridgehead atoms. The van der Waals surface area contributed by atoms with Crippen LogP contribution < -0.4 is 15.8 Å². The van der Waals surface area contributed by atoms with Gasteiger partial charge in [-0.05, 0) is 43.7 Å². The van der Waals surface area contributed by atoms with E-state index >= 15 is 0 Å². The maximum atomic E-state index is 14.6. The maximum Gasteiger partial charge on any atom is 0.269 e. The number of aromatic amines is 1. The first-order valence-corrected chi connectivity index (χ1v) is 11.4. The van der Waals surface area contributed by atoms with Gasteiger partial charge in [0.05, 0.1) is 5.69 Å². The van der Waals surface area contributed by atoms with Gasteiger partial charge >= 0.3 is 0 Å². The minimum absolute atomic E-state index is 0.0117. The first kappa shape index (κ1) is 21.1. The van der Waals surface area contributed by atoms with Crippen molar-refractivity contribution < 1.29 is 9.18 Å². The number of aryl methyl sites for hydroxylation is 1. The summed E-state index contributed by atoms with van der Waals surface area (Å²) in [7, 11) is 1.50. The zero-order valence-corrected chi connectivity index (χ0v) is 18.5. The van der Waals surface area contributed by atoms with Gasteiger partial charge in [0, 0.05) is 56.4 Å². The van der Waals surface area contributed by atoms with E-state index in [4.69, 9.17) is 0 Å². The van der Waals surface area contributed by atoms with Crippen molar-refractivity contribution >= 4 is 11.6 Å². The number of rotatable bonds is 5. The fourth-order valence-corrected chi connectivity index (χ4v) is 5.87. The second kappa shape index (κ2) is 7.95.